The number of carbonyl (C=O) groups excluding carboxylic acids is 2. The fourth-order valence-corrected chi connectivity index (χ4v) is 3.90. The number of rotatable bonds is 5. The molecular weight excluding hydrogens is 452 g/mol. The van der Waals surface area contributed by atoms with Crippen molar-refractivity contribution in [2.75, 3.05) is 12.4 Å². The molecule has 0 saturated carbocycles. The van der Waals surface area contributed by atoms with Crippen LogP contribution in [-0.4, -0.2) is 49.6 Å². The number of aromatic nitrogens is 1. The monoisotopic (exact) mass is 471 g/mol. The lowest BCUT2D eigenvalue weighted by atomic mass is 9.64. The summed E-state index contributed by atoms with van der Waals surface area (Å²) in [6, 6.07) is 4.22. The molecule has 0 bridgehead atoms. The van der Waals surface area contributed by atoms with Gasteiger partial charge in [0, 0.05) is 23.4 Å². The Labute approximate surface area is 185 Å². The molecule has 1 aliphatic heterocycles. The van der Waals surface area contributed by atoms with Crippen LogP contribution in [-0.2, 0) is 9.53 Å². The molecule has 4 atom stereocenters. The van der Waals surface area contributed by atoms with Crippen LogP contribution in [0.5, 0.6) is 5.75 Å². The topological polar surface area (TPSA) is 104 Å². The zero-order chi connectivity index (χ0) is 24.7. The maximum atomic E-state index is 14.4. The minimum absolute atomic E-state index is 0.0247. The van der Waals surface area contributed by atoms with E-state index in [0.717, 1.165) is 32.2 Å². The standard InChI is InChI=1S/C20H19BF5N3O4/c1-19(20(24,25)26)16(21)12(9-3-4-10(22)13(23)14(9)32-2)15(33-19)18(31)29-8-5-6-28-11(7-8)17(27)30/h3-7,12,15-16H,21H2,1-2H3,(H2,27,30)(H,28,29,31)/t12-,15+,16-,19+/m0/s1. The highest BCUT2D eigenvalue weighted by Gasteiger charge is 2.65. The minimum Gasteiger partial charge on any atom is -0.493 e. The van der Waals surface area contributed by atoms with Crippen molar-refractivity contribution in [1.29, 1.82) is 0 Å². The summed E-state index contributed by atoms with van der Waals surface area (Å²) in [6.45, 7) is 0.780. The fraction of sp³-hybridized carbons (Fsp3) is 0.350. The summed E-state index contributed by atoms with van der Waals surface area (Å²) in [4.78, 5) is 28.1. The summed E-state index contributed by atoms with van der Waals surface area (Å²) in [5.74, 6) is -7.94. The van der Waals surface area contributed by atoms with Crippen LogP contribution in [0.1, 0.15) is 28.9 Å². The number of hydrogen-bond acceptors (Lipinski definition) is 5. The second kappa shape index (κ2) is 8.62. The molecule has 0 unspecified atom stereocenters. The highest BCUT2D eigenvalue weighted by atomic mass is 19.4. The van der Waals surface area contributed by atoms with E-state index in [1.54, 1.807) is 0 Å². The predicted molar refractivity (Wildman–Crippen MR) is 109 cm³/mol. The zero-order valence-corrected chi connectivity index (χ0v) is 17.7. The first-order valence-corrected chi connectivity index (χ1v) is 9.65. The van der Waals surface area contributed by atoms with Crippen LogP contribution < -0.4 is 15.8 Å². The number of benzene rings is 1. The van der Waals surface area contributed by atoms with Gasteiger partial charge in [-0.25, -0.2) is 4.39 Å². The maximum Gasteiger partial charge on any atom is 0.416 e. The van der Waals surface area contributed by atoms with Crippen LogP contribution in [0.2, 0.25) is 5.82 Å². The van der Waals surface area contributed by atoms with E-state index in [4.69, 9.17) is 15.2 Å². The third-order valence-electron chi connectivity index (χ3n) is 5.85. The Bertz CT molecular complexity index is 1100. The molecule has 2 aromatic rings. The van der Waals surface area contributed by atoms with Gasteiger partial charge >= 0.3 is 6.18 Å². The minimum atomic E-state index is -4.89. The van der Waals surface area contributed by atoms with E-state index < -0.39 is 58.8 Å². The number of hydrogen-bond donors (Lipinski definition) is 2. The van der Waals surface area contributed by atoms with E-state index in [1.165, 1.54) is 20.1 Å². The molecule has 176 valence electrons. The number of primary amides is 1. The lowest BCUT2D eigenvalue weighted by Crippen LogP contribution is -2.46. The molecule has 13 heteroatoms. The van der Waals surface area contributed by atoms with E-state index in [2.05, 4.69) is 10.3 Å². The fourth-order valence-electron chi connectivity index (χ4n) is 3.90. The number of nitrogens with one attached hydrogen (secondary N) is 1. The summed E-state index contributed by atoms with van der Waals surface area (Å²) < 4.78 is 80.1. The molecule has 1 fully saturated rings. The Balaban J connectivity index is 2.07. The first kappa shape index (κ1) is 24.4. The smallest absolute Gasteiger partial charge is 0.416 e. The van der Waals surface area contributed by atoms with Gasteiger partial charge in [0.2, 0.25) is 5.82 Å². The van der Waals surface area contributed by atoms with Gasteiger partial charge in [0.05, 0.1) is 7.11 Å². The molecular formula is C20H19BF5N3O4. The van der Waals surface area contributed by atoms with Crippen molar-refractivity contribution in [1.82, 2.24) is 4.98 Å². The van der Waals surface area contributed by atoms with Gasteiger partial charge in [-0.2, -0.15) is 17.6 Å². The number of carbonyl (C=O) groups is 2. The van der Waals surface area contributed by atoms with Crippen LogP contribution in [0, 0.1) is 11.6 Å². The quantitative estimate of drug-likeness (QED) is 0.515. The van der Waals surface area contributed by atoms with Gasteiger partial charge in [0.25, 0.3) is 11.8 Å². The molecule has 1 aliphatic rings. The molecule has 33 heavy (non-hydrogen) atoms. The number of amides is 2. The lowest BCUT2D eigenvalue weighted by molar-refractivity contribution is -0.261. The first-order chi connectivity index (χ1) is 15.3. The van der Waals surface area contributed by atoms with Gasteiger partial charge in [0.1, 0.15) is 19.6 Å². The van der Waals surface area contributed by atoms with Crippen LogP contribution in [0.15, 0.2) is 30.5 Å². The summed E-state index contributed by atoms with van der Waals surface area (Å²) in [6.07, 6.45) is -5.49. The third-order valence-corrected chi connectivity index (χ3v) is 5.85. The van der Waals surface area contributed by atoms with Crippen LogP contribution in [0.25, 0.3) is 0 Å². The molecule has 1 aromatic heterocycles. The van der Waals surface area contributed by atoms with Gasteiger partial charge in [-0.1, -0.05) is 6.07 Å². The number of halogens is 5. The number of alkyl halides is 3. The molecule has 2 amide bonds. The molecule has 0 radical (unpaired) electrons. The number of anilines is 1. The van der Waals surface area contributed by atoms with Crippen molar-refractivity contribution in [3.63, 3.8) is 0 Å². The van der Waals surface area contributed by atoms with E-state index >= 15 is 0 Å². The van der Waals surface area contributed by atoms with Gasteiger partial charge in [0.15, 0.2) is 17.2 Å². The van der Waals surface area contributed by atoms with Gasteiger partial charge in [-0.3, -0.25) is 14.6 Å². The Kier molecular flexibility index (Phi) is 6.38. The van der Waals surface area contributed by atoms with Crippen molar-refractivity contribution in [2.24, 2.45) is 5.73 Å². The second-order valence-corrected chi connectivity index (χ2v) is 7.72. The Morgan fingerprint density at radius 1 is 1.27 bits per heavy atom. The van der Waals surface area contributed by atoms with Crippen molar-refractivity contribution < 1.29 is 41.0 Å². The highest BCUT2D eigenvalue weighted by molar-refractivity contribution is 6.14. The lowest BCUT2D eigenvalue weighted by Gasteiger charge is -2.32. The average Bonchev–Trinajstić information content (AvgIpc) is 3.02. The number of nitrogens with two attached hydrogens (primary N) is 1. The normalized spacial score (nSPS) is 25.0. The van der Waals surface area contributed by atoms with Crippen molar-refractivity contribution in [3.8, 4) is 5.75 Å². The van der Waals surface area contributed by atoms with Crippen LogP contribution in [0.3, 0.4) is 0 Å². The summed E-state index contributed by atoms with van der Waals surface area (Å²) in [5.41, 5.74) is 2.04. The van der Waals surface area contributed by atoms with Crippen LogP contribution >= 0.6 is 0 Å². The Morgan fingerprint density at radius 2 is 1.94 bits per heavy atom. The first-order valence-electron chi connectivity index (χ1n) is 9.65. The molecule has 0 spiro atoms. The molecule has 1 aromatic carbocycles. The Morgan fingerprint density at radius 3 is 2.52 bits per heavy atom. The van der Waals surface area contributed by atoms with Gasteiger partial charge < -0.3 is 20.5 Å². The van der Waals surface area contributed by atoms with Crippen molar-refractivity contribution in [2.45, 2.75) is 36.5 Å². The maximum absolute atomic E-state index is 14.4. The average molecular weight is 471 g/mol. The number of nitrogens with zero attached hydrogens (tertiary/aromatic N) is 1. The van der Waals surface area contributed by atoms with Crippen molar-refractivity contribution >= 4 is 25.3 Å². The number of ether oxygens (including phenoxy) is 2. The van der Waals surface area contributed by atoms with E-state index in [-0.39, 0.29) is 16.9 Å². The largest absolute Gasteiger partial charge is 0.493 e. The molecule has 1 saturated heterocycles. The van der Waals surface area contributed by atoms with E-state index in [9.17, 15) is 31.5 Å². The SMILES string of the molecule is B[C@H]1[C@@H](c2ccc(F)c(F)c2OC)[C@H](C(=O)Nc2ccnc(C(N)=O)c2)O[C@@]1(C)C(F)(F)F. The molecule has 3 N–H and O–H groups in total. The molecule has 7 nitrogen and oxygen atoms in total. The van der Waals surface area contributed by atoms with Gasteiger partial charge in [-0.15, -0.1) is 0 Å². The third kappa shape index (κ3) is 4.24. The van der Waals surface area contributed by atoms with E-state index in [0.29, 0.717) is 0 Å². The molecule has 3 rings (SSSR count). The Hall–Kier alpha value is -3.22. The predicted octanol–water partition coefficient (Wildman–Crippen LogP) is 2.33. The summed E-state index contributed by atoms with van der Waals surface area (Å²) >= 11 is 0. The van der Waals surface area contributed by atoms with Gasteiger partial charge in [-0.05, 0) is 30.9 Å². The zero-order valence-electron chi connectivity index (χ0n) is 17.7. The molecule has 0 aliphatic carbocycles. The van der Waals surface area contributed by atoms with E-state index in [1.807, 2.05) is 0 Å². The molecule has 2 heterocycles. The summed E-state index contributed by atoms with van der Waals surface area (Å²) in [7, 11) is 2.23. The number of methoxy groups -OCH3 is 1. The second-order valence-electron chi connectivity index (χ2n) is 7.72. The van der Waals surface area contributed by atoms with Crippen molar-refractivity contribution in [3.05, 3.63) is 53.4 Å². The number of pyridine rings is 1. The summed E-state index contributed by atoms with van der Waals surface area (Å²) in [5, 5.41) is 2.36. The highest BCUT2D eigenvalue weighted by Crippen LogP contribution is 2.57. The van der Waals surface area contributed by atoms with Crippen LogP contribution in [0.4, 0.5) is 27.6 Å².